The lowest BCUT2D eigenvalue weighted by atomic mass is 10.1. The van der Waals surface area contributed by atoms with Crippen molar-refractivity contribution >= 4 is 23.5 Å². The van der Waals surface area contributed by atoms with Gasteiger partial charge in [-0.15, -0.1) is 0 Å². The van der Waals surface area contributed by atoms with Crippen LogP contribution in [-0.2, 0) is 16.0 Å². The van der Waals surface area contributed by atoms with Crippen LogP contribution in [0.5, 0.6) is 11.5 Å². The van der Waals surface area contributed by atoms with Gasteiger partial charge in [-0.25, -0.2) is 14.0 Å². The molecule has 35 heavy (non-hydrogen) atoms. The molecule has 0 radical (unpaired) electrons. The summed E-state index contributed by atoms with van der Waals surface area (Å²) in [6.07, 6.45) is 0.459. The van der Waals surface area contributed by atoms with Crippen molar-refractivity contribution in [3.63, 3.8) is 0 Å². The summed E-state index contributed by atoms with van der Waals surface area (Å²) in [7, 11) is 4.37. The van der Waals surface area contributed by atoms with E-state index in [9.17, 15) is 14.0 Å². The van der Waals surface area contributed by atoms with Crippen LogP contribution in [0, 0.1) is 11.7 Å². The van der Waals surface area contributed by atoms with Gasteiger partial charge in [0.1, 0.15) is 17.7 Å². The molecule has 9 nitrogen and oxygen atoms in total. The molecule has 1 aliphatic rings. The second kappa shape index (κ2) is 9.65. The van der Waals surface area contributed by atoms with Gasteiger partial charge in [-0.1, -0.05) is 19.9 Å². The minimum Gasteiger partial charge on any atom is -0.493 e. The average Bonchev–Trinajstić information content (AvgIpc) is 3.36. The van der Waals surface area contributed by atoms with Crippen LogP contribution in [0.2, 0.25) is 0 Å². The zero-order valence-corrected chi connectivity index (χ0v) is 20.1. The largest absolute Gasteiger partial charge is 0.493 e. The predicted octanol–water partition coefficient (Wildman–Crippen LogP) is 4.11. The van der Waals surface area contributed by atoms with Crippen molar-refractivity contribution in [3.05, 3.63) is 53.3 Å². The Hall–Kier alpha value is -4.08. The zero-order chi connectivity index (χ0) is 25.3. The number of methoxy groups -OCH3 is 3. The first kappa shape index (κ1) is 24.1. The molecule has 2 N–H and O–H groups in total. The van der Waals surface area contributed by atoms with Crippen LogP contribution in [-0.4, -0.2) is 49.2 Å². The number of benzene rings is 2. The van der Waals surface area contributed by atoms with Gasteiger partial charge in [-0.2, -0.15) is 9.78 Å². The lowest BCUT2D eigenvalue weighted by Gasteiger charge is -2.20. The van der Waals surface area contributed by atoms with Gasteiger partial charge in [-0.05, 0) is 41.8 Å². The number of fused-ring (bicyclic) bond motifs is 3. The van der Waals surface area contributed by atoms with E-state index < -0.39 is 23.9 Å². The third-order valence-electron chi connectivity index (χ3n) is 5.90. The average molecular weight is 483 g/mol. The van der Waals surface area contributed by atoms with Crippen LogP contribution in [0.4, 0.5) is 20.7 Å². The van der Waals surface area contributed by atoms with Crippen LogP contribution < -0.4 is 20.1 Å². The summed E-state index contributed by atoms with van der Waals surface area (Å²) < 4.78 is 30.7. The van der Waals surface area contributed by atoms with Gasteiger partial charge in [0.15, 0.2) is 11.5 Å². The minimum absolute atomic E-state index is 0.217. The lowest BCUT2D eigenvalue weighted by Crippen LogP contribution is -2.47. The highest BCUT2D eigenvalue weighted by Gasteiger charge is 2.33. The topological polar surface area (TPSA) is 104 Å². The molecule has 0 bridgehead atoms. The fraction of sp³-hybridized carbons (Fsp3) is 0.320. The summed E-state index contributed by atoms with van der Waals surface area (Å²) in [6, 6.07) is 8.10. The molecule has 1 amide bonds. The number of esters is 1. The van der Waals surface area contributed by atoms with Crippen molar-refractivity contribution in [2.75, 3.05) is 26.6 Å². The summed E-state index contributed by atoms with van der Waals surface area (Å²) in [5.41, 5.74) is 3.51. The maximum absolute atomic E-state index is 13.9. The number of rotatable bonds is 7. The zero-order valence-electron chi connectivity index (χ0n) is 20.1. The number of amides is 1. The first-order valence-electron chi connectivity index (χ1n) is 11.1. The van der Waals surface area contributed by atoms with Crippen molar-refractivity contribution in [2.24, 2.45) is 5.92 Å². The molecule has 0 aliphatic heterocycles. The van der Waals surface area contributed by atoms with E-state index in [0.29, 0.717) is 35.1 Å². The van der Waals surface area contributed by atoms with E-state index in [1.807, 2.05) is 12.1 Å². The standard InChI is InChI=1S/C25H27FN4O5/c1-13(2)21(24(31)35-5)28-25(32)30-23(27-16-8-6-7-15(26)11-16)18-9-14-10-19(33-3)20(34-4)12-17(14)22(18)29-30/h6-8,10-13,21,27H,9H2,1-5H3,(H,28,32). The van der Waals surface area contributed by atoms with Crippen molar-refractivity contribution in [1.29, 1.82) is 0 Å². The molecule has 4 rings (SSSR count). The van der Waals surface area contributed by atoms with Crippen LogP contribution in [0.3, 0.4) is 0 Å². The quantitative estimate of drug-likeness (QED) is 0.382. The van der Waals surface area contributed by atoms with E-state index in [-0.39, 0.29) is 5.92 Å². The maximum atomic E-state index is 13.9. The Kier molecular flexibility index (Phi) is 6.63. The number of carbonyl (C=O) groups is 2. The molecule has 184 valence electrons. The Morgan fingerprint density at radius 2 is 1.80 bits per heavy atom. The summed E-state index contributed by atoms with van der Waals surface area (Å²) >= 11 is 0. The Labute approximate surface area is 202 Å². The van der Waals surface area contributed by atoms with Crippen LogP contribution in [0.15, 0.2) is 36.4 Å². The van der Waals surface area contributed by atoms with Crippen LogP contribution in [0.25, 0.3) is 11.3 Å². The highest BCUT2D eigenvalue weighted by atomic mass is 19.1. The molecule has 1 unspecified atom stereocenters. The Morgan fingerprint density at radius 3 is 2.43 bits per heavy atom. The molecule has 0 saturated carbocycles. The number of anilines is 2. The van der Waals surface area contributed by atoms with Gasteiger partial charge in [0.2, 0.25) is 0 Å². The van der Waals surface area contributed by atoms with E-state index >= 15 is 0 Å². The summed E-state index contributed by atoms with van der Waals surface area (Å²) in [5.74, 6) is 0.277. The first-order chi connectivity index (χ1) is 16.8. The van der Waals surface area contributed by atoms with Crippen molar-refractivity contribution in [3.8, 4) is 22.8 Å². The molecule has 0 saturated heterocycles. The van der Waals surface area contributed by atoms with E-state index in [1.54, 1.807) is 40.2 Å². The number of nitrogens with zero attached hydrogens (tertiary/aromatic N) is 2. The second-order valence-electron chi connectivity index (χ2n) is 8.46. The molecule has 1 heterocycles. The molecule has 0 fully saturated rings. The van der Waals surface area contributed by atoms with Gasteiger partial charge < -0.3 is 24.8 Å². The number of hydrogen-bond donors (Lipinski definition) is 2. The van der Waals surface area contributed by atoms with Gasteiger partial charge >= 0.3 is 12.0 Å². The molecule has 0 spiro atoms. The minimum atomic E-state index is -0.870. The smallest absolute Gasteiger partial charge is 0.344 e. The maximum Gasteiger partial charge on any atom is 0.344 e. The molecular formula is C25H27FN4O5. The normalized spacial score (nSPS) is 12.5. The third-order valence-corrected chi connectivity index (χ3v) is 5.90. The van der Waals surface area contributed by atoms with Gasteiger partial charge in [0.05, 0.1) is 27.0 Å². The van der Waals surface area contributed by atoms with Crippen LogP contribution in [0.1, 0.15) is 25.0 Å². The molecule has 1 aromatic heterocycles. The summed E-state index contributed by atoms with van der Waals surface area (Å²) in [6.45, 7) is 3.60. The van der Waals surface area contributed by atoms with E-state index in [0.717, 1.165) is 21.4 Å². The fourth-order valence-electron chi connectivity index (χ4n) is 4.11. The summed E-state index contributed by atoms with van der Waals surface area (Å²) in [5, 5.41) is 10.4. The lowest BCUT2D eigenvalue weighted by molar-refractivity contribution is -0.143. The Balaban J connectivity index is 1.80. The number of hydrogen-bond acceptors (Lipinski definition) is 7. The Bertz CT molecular complexity index is 1290. The molecule has 3 aromatic rings. The molecule has 1 aliphatic carbocycles. The Morgan fingerprint density at radius 1 is 1.09 bits per heavy atom. The van der Waals surface area contributed by atoms with Crippen molar-refractivity contribution in [1.82, 2.24) is 15.1 Å². The number of carbonyl (C=O) groups excluding carboxylic acids is 2. The van der Waals surface area contributed by atoms with E-state index in [4.69, 9.17) is 14.2 Å². The first-order valence-corrected chi connectivity index (χ1v) is 11.1. The monoisotopic (exact) mass is 482 g/mol. The number of nitrogens with one attached hydrogen (secondary N) is 2. The number of aromatic nitrogens is 2. The SMILES string of the molecule is COC(=O)C(NC(=O)n1nc2c(c1Nc1cccc(F)c1)Cc1cc(OC)c(OC)cc1-2)C(C)C. The van der Waals surface area contributed by atoms with E-state index in [2.05, 4.69) is 15.7 Å². The van der Waals surface area contributed by atoms with Crippen molar-refractivity contribution in [2.45, 2.75) is 26.3 Å². The highest BCUT2D eigenvalue weighted by molar-refractivity contribution is 5.90. The third kappa shape index (κ3) is 4.51. The second-order valence-corrected chi connectivity index (χ2v) is 8.46. The molecular weight excluding hydrogens is 455 g/mol. The molecule has 10 heteroatoms. The van der Waals surface area contributed by atoms with Gasteiger partial charge in [0, 0.05) is 23.2 Å². The number of halogens is 1. The van der Waals surface area contributed by atoms with Crippen molar-refractivity contribution < 1.29 is 28.2 Å². The predicted molar refractivity (Wildman–Crippen MR) is 128 cm³/mol. The van der Waals surface area contributed by atoms with E-state index in [1.165, 1.54) is 19.2 Å². The summed E-state index contributed by atoms with van der Waals surface area (Å²) in [4.78, 5) is 25.5. The van der Waals surface area contributed by atoms with Gasteiger partial charge in [-0.3, -0.25) is 0 Å². The van der Waals surface area contributed by atoms with Gasteiger partial charge in [0.25, 0.3) is 0 Å². The number of ether oxygens (including phenoxy) is 3. The molecule has 1 atom stereocenters. The van der Waals surface area contributed by atoms with Crippen LogP contribution >= 0.6 is 0 Å². The molecule has 2 aromatic carbocycles. The fourth-order valence-corrected chi connectivity index (χ4v) is 4.11. The highest BCUT2D eigenvalue weighted by Crippen LogP contribution is 2.45.